The van der Waals surface area contributed by atoms with Gasteiger partial charge in [-0.25, -0.2) is 16.8 Å². The summed E-state index contributed by atoms with van der Waals surface area (Å²) < 4.78 is 108. The highest BCUT2D eigenvalue weighted by Gasteiger charge is 2.45. The van der Waals surface area contributed by atoms with Gasteiger partial charge in [0.2, 0.25) is 5.69 Å². The van der Waals surface area contributed by atoms with Crippen LogP contribution in [0, 0.1) is 0 Å². The number of carboxylic acids is 1. The summed E-state index contributed by atoms with van der Waals surface area (Å²) >= 11 is 0. The van der Waals surface area contributed by atoms with E-state index in [-0.39, 0.29) is 22.8 Å². The molecule has 2 aliphatic rings. The van der Waals surface area contributed by atoms with E-state index in [0.29, 0.717) is 116 Å². The molecule has 1 N–H and O–H groups in total. The molecular formula is C43H61N2O14S2-. The maximum absolute atomic E-state index is 12.3. The predicted molar refractivity (Wildman–Crippen MR) is 226 cm³/mol. The lowest BCUT2D eigenvalue weighted by Crippen LogP contribution is -2.31. The highest BCUT2D eigenvalue weighted by atomic mass is 32.2. The topological polar surface area (TPSA) is 213 Å². The monoisotopic (exact) mass is 893 g/mol. The number of rotatable bonds is 29. The van der Waals surface area contributed by atoms with E-state index < -0.39 is 37.0 Å². The zero-order valence-corrected chi connectivity index (χ0v) is 37.5. The van der Waals surface area contributed by atoms with Crippen molar-refractivity contribution >= 4 is 43.3 Å². The van der Waals surface area contributed by atoms with Crippen molar-refractivity contribution in [3.05, 3.63) is 71.5 Å². The Labute approximate surface area is 360 Å². The molecule has 0 bridgehead atoms. The number of carboxylic acid groups (broad SMARTS) is 1. The first-order chi connectivity index (χ1) is 29.0. The Morgan fingerprint density at radius 2 is 1.28 bits per heavy atom. The third-order valence-electron chi connectivity index (χ3n) is 10.9. The number of carbonyl (C=O) groups is 1. The molecule has 1 unspecified atom stereocenters. The number of allylic oxidation sites excluding steroid dienone is 4. The minimum Gasteiger partial charge on any atom is -0.744 e. The summed E-state index contributed by atoms with van der Waals surface area (Å²) in [6, 6.07) is 8.83. The molecule has 0 aromatic heterocycles. The Hall–Kier alpha value is -3.56. The Balaban J connectivity index is 1.51. The molecule has 0 saturated heterocycles. The number of ether oxygens (including phenoxy) is 6. The van der Waals surface area contributed by atoms with Gasteiger partial charge in [-0.15, -0.1) is 0 Å². The highest BCUT2D eigenvalue weighted by molar-refractivity contribution is 7.86. The van der Waals surface area contributed by atoms with Crippen LogP contribution in [-0.2, 0) is 64.3 Å². The molecule has 0 radical (unpaired) electrons. The molecule has 0 amide bonds. The Morgan fingerprint density at radius 3 is 1.80 bits per heavy atom. The minimum atomic E-state index is -4.78. The van der Waals surface area contributed by atoms with Crippen molar-refractivity contribution in [2.45, 2.75) is 80.4 Å². The van der Waals surface area contributed by atoms with Crippen molar-refractivity contribution in [1.82, 2.24) is 0 Å². The number of hydrogen-bond donors (Lipinski definition) is 1. The van der Waals surface area contributed by atoms with E-state index in [1.807, 2.05) is 45.9 Å². The second-order valence-corrected chi connectivity index (χ2v) is 18.2. The number of hydrogen-bond acceptors (Lipinski definition) is 14. The molecule has 2 aliphatic heterocycles. The van der Waals surface area contributed by atoms with Gasteiger partial charge in [0, 0.05) is 61.2 Å². The van der Waals surface area contributed by atoms with Crippen LogP contribution in [0.25, 0.3) is 0 Å². The van der Waals surface area contributed by atoms with Gasteiger partial charge in [0.25, 0.3) is 0 Å². The number of fused-ring (bicyclic) bond motifs is 2. The van der Waals surface area contributed by atoms with Gasteiger partial charge >= 0.3 is 5.97 Å². The summed E-state index contributed by atoms with van der Waals surface area (Å²) in [5.41, 5.74) is 3.11. The van der Waals surface area contributed by atoms with Crippen molar-refractivity contribution in [1.29, 1.82) is 0 Å². The van der Waals surface area contributed by atoms with Crippen LogP contribution in [0.15, 0.2) is 70.1 Å². The lowest BCUT2D eigenvalue weighted by molar-refractivity contribution is -0.433. The molecule has 16 nitrogen and oxygen atoms in total. The van der Waals surface area contributed by atoms with Gasteiger partial charge in [-0.05, 0) is 88.9 Å². The molecule has 2 heterocycles. The van der Waals surface area contributed by atoms with Crippen LogP contribution >= 0.6 is 0 Å². The zero-order valence-electron chi connectivity index (χ0n) is 35.9. The molecular weight excluding hydrogens is 833 g/mol. The maximum Gasteiger partial charge on any atom is 0.303 e. The average Bonchev–Trinajstić information content (AvgIpc) is 3.56. The first-order valence-electron chi connectivity index (χ1n) is 20.6. The number of nitrogens with zero attached hydrogens (tertiary/aromatic N) is 2. The fourth-order valence-corrected chi connectivity index (χ4v) is 8.69. The van der Waals surface area contributed by atoms with E-state index in [9.17, 15) is 35.8 Å². The van der Waals surface area contributed by atoms with Gasteiger partial charge in [0.1, 0.15) is 26.8 Å². The standard InChI is InChI=1S/C43H62N2O14S2/c1-6-44-37-16-14-33(60(48,49)50)31-35(37)42(2,3)39(44)11-10-12-40-43(4,18-20-55-23-24-57-27-28-59-30-29-58-26-25-56-22-21-54-5)36-32-34(61(51,52)53)15-17-38(36)45(40)19-9-7-8-13-41(46)47/h10-12,14-17,31-32H,6-9,13,18-30H2,1-5H3,(H2-,46,47,48,49,50,51,52,53)/p-1. The third-order valence-corrected chi connectivity index (χ3v) is 12.6. The van der Waals surface area contributed by atoms with Crippen LogP contribution in [0.3, 0.4) is 0 Å². The smallest absolute Gasteiger partial charge is 0.303 e. The molecule has 4 rings (SSSR count). The number of aliphatic carboxylic acids is 1. The van der Waals surface area contributed by atoms with Gasteiger partial charge in [-0.1, -0.05) is 12.5 Å². The van der Waals surface area contributed by atoms with Crippen molar-refractivity contribution in [3.63, 3.8) is 0 Å². The predicted octanol–water partition coefficient (Wildman–Crippen LogP) is 4.87. The maximum atomic E-state index is 12.3. The van der Waals surface area contributed by atoms with E-state index in [1.165, 1.54) is 24.3 Å². The molecule has 1 atom stereocenters. The van der Waals surface area contributed by atoms with Crippen molar-refractivity contribution in [2.24, 2.45) is 0 Å². The first kappa shape index (κ1) is 50.1. The normalized spacial score (nSPS) is 18.1. The summed E-state index contributed by atoms with van der Waals surface area (Å²) in [6.45, 7) is 13.5. The van der Waals surface area contributed by atoms with E-state index >= 15 is 0 Å². The Kier molecular flexibility index (Phi) is 19.1. The van der Waals surface area contributed by atoms with Gasteiger partial charge in [-0.3, -0.25) is 4.79 Å². The zero-order chi connectivity index (χ0) is 44.7. The number of benzene rings is 2. The molecule has 0 fully saturated rings. The van der Waals surface area contributed by atoms with Gasteiger partial charge in [0.15, 0.2) is 5.71 Å². The lowest BCUT2D eigenvalue weighted by Gasteiger charge is -2.30. The Morgan fingerprint density at radius 1 is 0.754 bits per heavy atom. The molecule has 340 valence electrons. The quantitative estimate of drug-likeness (QED) is 0.0655. The second kappa shape index (κ2) is 23.2. The summed E-state index contributed by atoms with van der Waals surface area (Å²) in [4.78, 5) is 12.7. The summed E-state index contributed by atoms with van der Waals surface area (Å²) in [5, 5.41) is 9.18. The largest absolute Gasteiger partial charge is 0.744 e. The van der Waals surface area contributed by atoms with E-state index in [0.717, 1.165) is 22.8 Å². The number of methoxy groups -OCH3 is 1. The van der Waals surface area contributed by atoms with Gasteiger partial charge in [-0.2, -0.15) is 4.58 Å². The third kappa shape index (κ3) is 13.7. The summed E-state index contributed by atoms with van der Waals surface area (Å²) in [5.74, 6) is -0.867. The van der Waals surface area contributed by atoms with E-state index in [4.69, 9.17) is 28.4 Å². The van der Waals surface area contributed by atoms with Crippen LogP contribution < -0.4 is 4.90 Å². The average molecular weight is 894 g/mol. The van der Waals surface area contributed by atoms with E-state index in [2.05, 4.69) is 9.48 Å². The lowest BCUT2D eigenvalue weighted by atomic mass is 9.78. The van der Waals surface area contributed by atoms with Gasteiger partial charge < -0.3 is 47.5 Å². The molecule has 61 heavy (non-hydrogen) atoms. The summed E-state index contributed by atoms with van der Waals surface area (Å²) in [6.07, 6.45) is 8.07. The molecule has 2 aromatic carbocycles. The van der Waals surface area contributed by atoms with Crippen LogP contribution in [0.4, 0.5) is 11.4 Å². The second-order valence-electron chi connectivity index (χ2n) is 15.4. The first-order valence-corrected chi connectivity index (χ1v) is 23.4. The molecule has 0 saturated carbocycles. The molecule has 18 heteroatoms. The Bertz CT molecular complexity index is 2100. The van der Waals surface area contributed by atoms with Crippen LogP contribution in [0.1, 0.15) is 70.9 Å². The van der Waals surface area contributed by atoms with E-state index in [1.54, 1.807) is 19.2 Å². The molecule has 2 aromatic rings. The number of unbranched alkanes of at least 4 members (excludes halogenated alkanes) is 2. The van der Waals surface area contributed by atoms with Gasteiger partial charge in [0.05, 0.1) is 81.3 Å². The molecule has 0 aliphatic carbocycles. The van der Waals surface area contributed by atoms with Crippen molar-refractivity contribution in [2.75, 3.05) is 97.8 Å². The number of anilines is 1. The SMILES string of the molecule is CC[N+]1=C(C=CC=C2N(CCCCCC(=O)O)c3ccc(S(=O)(=O)[O-])cc3C2(C)CCOCCOCCOCCOCCOCCOC)C(C)(C)c2cc(S(=O)(=O)[O-])ccc21. The molecule has 0 spiro atoms. The van der Waals surface area contributed by atoms with Crippen molar-refractivity contribution in [3.8, 4) is 0 Å². The van der Waals surface area contributed by atoms with Crippen LogP contribution in [0.2, 0.25) is 0 Å². The fraction of sp³-hybridized carbons (Fsp3) is 0.581. The minimum absolute atomic E-state index is 0.0486. The highest BCUT2D eigenvalue weighted by Crippen LogP contribution is 2.51. The van der Waals surface area contributed by atoms with Crippen molar-refractivity contribution < 1.29 is 68.8 Å². The van der Waals surface area contributed by atoms with Crippen LogP contribution in [-0.4, -0.2) is 140 Å². The van der Waals surface area contributed by atoms with Crippen LogP contribution in [0.5, 0.6) is 0 Å². The fourth-order valence-electron chi connectivity index (χ4n) is 7.70. The summed E-state index contributed by atoms with van der Waals surface area (Å²) in [7, 11) is -7.83.